The Morgan fingerprint density at radius 3 is 2.50 bits per heavy atom. The van der Waals surface area contributed by atoms with Gasteiger partial charge in [0.05, 0.1) is 23.1 Å². The van der Waals surface area contributed by atoms with E-state index in [1.54, 1.807) is 19.2 Å². The molecule has 1 unspecified atom stereocenters. The lowest BCUT2D eigenvalue weighted by Gasteiger charge is -2.13. The standard InChI is InChI=1S/C22H21BrN2O3/c1-14-20(11-12-21(24-14)15(2)27-3)22(26)25-17-5-4-6-19(13-17)28-18-9-7-16(23)8-10-18/h4-13,15H,1-3H3,(H,25,26). The van der Waals surface area contributed by atoms with Crippen LogP contribution in [0.15, 0.2) is 65.1 Å². The number of benzene rings is 2. The normalized spacial score (nSPS) is 11.7. The summed E-state index contributed by atoms with van der Waals surface area (Å²) in [6.45, 7) is 3.73. The molecule has 6 heteroatoms. The Morgan fingerprint density at radius 2 is 1.82 bits per heavy atom. The van der Waals surface area contributed by atoms with Crippen molar-refractivity contribution in [2.24, 2.45) is 0 Å². The van der Waals surface area contributed by atoms with Gasteiger partial charge in [-0.3, -0.25) is 9.78 Å². The van der Waals surface area contributed by atoms with Crippen LogP contribution in [0.5, 0.6) is 11.5 Å². The second-order valence-corrected chi connectivity index (χ2v) is 7.20. The summed E-state index contributed by atoms with van der Waals surface area (Å²) >= 11 is 3.40. The molecule has 1 amide bonds. The Bertz CT molecular complexity index is 974. The van der Waals surface area contributed by atoms with E-state index in [2.05, 4.69) is 26.2 Å². The van der Waals surface area contributed by atoms with Crippen molar-refractivity contribution in [3.05, 3.63) is 82.1 Å². The molecule has 3 rings (SSSR count). The maximum Gasteiger partial charge on any atom is 0.257 e. The number of anilines is 1. The number of ether oxygens (including phenoxy) is 2. The van der Waals surface area contributed by atoms with E-state index in [4.69, 9.17) is 9.47 Å². The number of aryl methyl sites for hydroxylation is 1. The van der Waals surface area contributed by atoms with E-state index in [-0.39, 0.29) is 12.0 Å². The summed E-state index contributed by atoms with van der Waals surface area (Å²) in [5.41, 5.74) is 2.61. The summed E-state index contributed by atoms with van der Waals surface area (Å²) in [5.74, 6) is 1.14. The number of nitrogens with zero attached hydrogens (tertiary/aromatic N) is 1. The van der Waals surface area contributed by atoms with Crippen LogP contribution in [0, 0.1) is 6.92 Å². The minimum absolute atomic E-state index is 0.122. The van der Waals surface area contributed by atoms with Gasteiger partial charge in [-0.25, -0.2) is 0 Å². The van der Waals surface area contributed by atoms with Gasteiger partial charge in [-0.05, 0) is 62.4 Å². The van der Waals surface area contributed by atoms with Crippen molar-refractivity contribution in [2.75, 3.05) is 12.4 Å². The number of aromatic nitrogens is 1. The lowest BCUT2D eigenvalue weighted by Crippen LogP contribution is -2.15. The van der Waals surface area contributed by atoms with Crippen molar-refractivity contribution in [3.8, 4) is 11.5 Å². The SMILES string of the molecule is COC(C)c1ccc(C(=O)Nc2cccc(Oc3ccc(Br)cc3)c2)c(C)n1. The number of hydrogen-bond acceptors (Lipinski definition) is 4. The number of hydrogen-bond donors (Lipinski definition) is 1. The highest BCUT2D eigenvalue weighted by Gasteiger charge is 2.14. The Labute approximate surface area is 172 Å². The van der Waals surface area contributed by atoms with Crippen LogP contribution in [0.3, 0.4) is 0 Å². The van der Waals surface area contributed by atoms with Gasteiger partial charge in [0.15, 0.2) is 0 Å². The van der Waals surface area contributed by atoms with Crippen LogP contribution in [0.2, 0.25) is 0 Å². The van der Waals surface area contributed by atoms with Gasteiger partial charge in [-0.1, -0.05) is 22.0 Å². The molecule has 1 atom stereocenters. The van der Waals surface area contributed by atoms with Crippen molar-refractivity contribution in [1.29, 1.82) is 0 Å². The molecule has 0 fully saturated rings. The summed E-state index contributed by atoms with van der Waals surface area (Å²) in [5, 5.41) is 2.90. The molecule has 1 heterocycles. The first-order valence-corrected chi connectivity index (χ1v) is 9.60. The number of halogens is 1. The molecule has 28 heavy (non-hydrogen) atoms. The van der Waals surface area contributed by atoms with Gasteiger partial charge in [0.25, 0.3) is 5.91 Å². The van der Waals surface area contributed by atoms with Crippen molar-refractivity contribution in [3.63, 3.8) is 0 Å². The molecule has 3 aromatic rings. The van der Waals surface area contributed by atoms with E-state index in [9.17, 15) is 4.79 Å². The molecule has 1 aromatic heterocycles. The second kappa shape index (κ2) is 8.99. The van der Waals surface area contributed by atoms with E-state index in [0.717, 1.165) is 15.9 Å². The largest absolute Gasteiger partial charge is 0.457 e. The molecule has 0 radical (unpaired) electrons. The van der Waals surface area contributed by atoms with Gasteiger partial charge < -0.3 is 14.8 Å². The molecule has 0 aliphatic heterocycles. The molecule has 0 spiro atoms. The Morgan fingerprint density at radius 1 is 1.07 bits per heavy atom. The van der Waals surface area contributed by atoms with Crippen LogP contribution in [-0.4, -0.2) is 18.0 Å². The van der Waals surface area contributed by atoms with Crippen molar-refractivity contribution in [2.45, 2.75) is 20.0 Å². The van der Waals surface area contributed by atoms with Gasteiger partial charge in [0, 0.05) is 23.3 Å². The molecule has 0 aliphatic rings. The van der Waals surface area contributed by atoms with Gasteiger partial charge in [-0.2, -0.15) is 0 Å². The highest BCUT2D eigenvalue weighted by molar-refractivity contribution is 9.10. The van der Waals surface area contributed by atoms with Gasteiger partial charge in [0.2, 0.25) is 0 Å². The third-order valence-electron chi connectivity index (χ3n) is 4.26. The monoisotopic (exact) mass is 440 g/mol. The van der Waals surface area contributed by atoms with Crippen molar-refractivity contribution >= 4 is 27.5 Å². The summed E-state index contributed by atoms with van der Waals surface area (Å²) in [4.78, 5) is 17.1. The number of methoxy groups -OCH3 is 1. The van der Waals surface area contributed by atoms with Crippen LogP contribution in [0.25, 0.3) is 0 Å². The highest BCUT2D eigenvalue weighted by Crippen LogP contribution is 2.26. The predicted molar refractivity (Wildman–Crippen MR) is 113 cm³/mol. The van der Waals surface area contributed by atoms with Crippen molar-refractivity contribution < 1.29 is 14.3 Å². The molecule has 0 saturated carbocycles. The third-order valence-corrected chi connectivity index (χ3v) is 4.79. The van der Waals surface area contributed by atoms with Gasteiger partial charge >= 0.3 is 0 Å². The topological polar surface area (TPSA) is 60.5 Å². The van der Waals surface area contributed by atoms with Crippen molar-refractivity contribution in [1.82, 2.24) is 4.98 Å². The zero-order valence-corrected chi connectivity index (χ0v) is 17.5. The summed E-state index contributed by atoms with van der Waals surface area (Å²) in [6, 6.07) is 18.4. The average Bonchev–Trinajstić information content (AvgIpc) is 2.69. The number of carbonyl (C=O) groups excluding carboxylic acids is 1. The van der Waals surface area contributed by atoms with Crippen LogP contribution in [0.4, 0.5) is 5.69 Å². The number of pyridine rings is 1. The number of nitrogens with one attached hydrogen (secondary N) is 1. The highest BCUT2D eigenvalue weighted by atomic mass is 79.9. The second-order valence-electron chi connectivity index (χ2n) is 6.28. The molecule has 1 N–H and O–H groups in total. The summed E-state index contributed by atoms with van der Waals surface area (Å²) < 4.78 is 12.1. The minimum atomic E-state index is -0.220. The Balaban J connectivity index is 1.73. The molecule has 5 nitrogen and oxygen atoms in total. The van der Waals surface area contributed by atoms with Gasteiger partial charge in [-0.15, -0.1) is 0 Å². The molecule has 0 aliphatic carbocycles. The van der Waals surface area contributed by atoms with E-state index in [1.165, 1.54) is 0 Å². The van der Waals surface area contributed by atoms with Crippen LogP contribution in [-0.2, 0) is 4.74 Å². The number of carbonyl (C=O) groups is 1. The van der Waals surface area contributed by atoms with Crippen LogP contribution in [0.1, 0.15) is 34.8 Å². The lowest BCUT2D eigenvalue weighted by molar-refractivity contribution is 0.102. The molecule has 0 saturated heterocycles. The summed E-state index contributed by atoms with van der Waals surface area (Å²) in [7, 11) is 1.63. The smallest absolute Gasteiger partial charge is 0.257 e. The fraction of sp³-hybridized carbons (Fsp3) is 0.182. The summed E-state index contributed by atoms with van der Waals surface area (Å²) in [6.07, 6.45) is -0.122. The molecule has 2 aromatic carbocycles. The first-order chi connectivity index (χ1) is 13.5. The maximum absolute atomic E-state index is 12.7. The van der Waals surface area contributed by atoms with E-state index in [1.807, 2.05) is 62.4 Å². The molecule has 144 valence electrons. The number of amides is 1. The third kappa shape index (κ3) is 4.97. The Hall–Kier alpha value is -2.70. The van der Waals surface area contributed by atoms with Crippen LogP contribution < -0.4 is 10.1 Å². The van der Waals surface area contributed by atoms with Crippen LogP contribution >= 0.6 is 15.9 Å². The Kier molecular flexibility index (Phi) is 6.44. The zero-order valence-electron chi connectivity index (χ0n) is 15.9. The zero-order chi connectivity index (χ0) is 20.1. The quantitative estimate of drug-likeness (QED) is 0.517. The average molecular weight is 441 g/mol. The molecular formula is C22H21BrN2O3. The van der Waals surface area contributed by atoms with E-state index in [0.29, 0.717) is 22.7 Å². The lowest BCUT2D eigenvalue weighted by atomic mass is 10.1. The maximum atomic E-state index is 12.7. The fourth-order valence-electron chi connectivity index (χ4n) is 2.64. The van der Waals surface area contributed by atoms with Gasteiger partial charge in [0.1, 0.15) is 11.5 Å². The van der Waals surface area contributed by atoms with E-state index >= 15 is 0 Å². The first kappa shape index (κ1) is 20.0. The molecular weight excluding hydrogens is 420 g/mol. The fourth-order valence-corrected chi connectivity index (χ4v) is 2.91. The van der Waals surface area contributed by atoms with E-state index < -0.39 is 0 Å². The molecule has 0 bridgehead atoms. The minimum Gasteiger partial charge on any atom is -0.457 e. The number of rotatable bonds is 6. The predicted octanol–water partition coefficient (Wildman–Crippen LogP) is 5.90. The first-order valence-electron chi connectivity index (χ1n) is 8.81.